The number of sulfonamides is 1. The van der Waals surface area contributed by atoms with E-state index in [-0.39, 0.29) is 15.5 Å². The SMILES string of the molecule is O=S(=O)(c1cccc(C2NNNN2)c1)N(Cc1ccc(F)c(C(F)(F)F)c1)c1sc2ccccc2c1Br. The summed E-state index contributed by atoms with van der Waals surface area (Å²) in [6.45, 7) is -0.454. The fourth-order valence-corrected chi connectivity index (χ4v) is 7.76. The largest absolute Gasteiger partial charge is 0.419 e. The number of halogens is 5. The van der Waals surface area contributed by atoms with Crippen LogP contribution in [0.5, 0.6) is 0 Å². The Morgan fingerprint density at radius 2 is 1.70 bits per heavy atom. The predicted octanol–water partition coefficient (Wildman–Crippen LogP) is 5.33. The van der Waals surface area contributed by atoms with Crippen molar-refractivity contribution in [2.75, 3.05) is 4.31 Å². The van der Waals surface area contributed by atoms with Crippen LogP contribution >= 0.6 is 27.3 Å². The van der Waals surface area contributed by atoms with Gasteiger partial charge in [0.15, 0.2) is 0 Å². The molecule has 0 bridgehead atoms. The summed E-state index contributed by atoms with van der Waals surface area (Å²) in [6, 6.07) is 15.9. The lowest BCUT2D eigenvalue weighted by molar-refractivity contribution is -0.140. The Morgan fingerprint density at radius 1 is 0.973 bits per heavy atom. The van der Waals surface area contributed by atoms with Crippen molar-refractivity contribution in [3.63, 3.8) is 0 Å². The molecule has 3 aromatic carbocycles. The van der Waals surface area contributed by atoms with Gasteiger partial charge in [-0.3, -0.25) is 4.31 Å². The van der Waals surface area contributed by atoms with Crippen molar-refractivity contribution < 1.29 is 26.0 Å². The van der Waals surface area contributed by atoms with Gasteiger partial charge in [0.05, 0.1) is 21.5 Å². The van der Waals surface area contributed by atoms with Crippen molar-refractivity contribution in [3.05, 3.63) is 93.7 Å². The van der Waals surface area contributed by atoms with E-state index in [2.05, 4.69) is 37.9 Å². The summed E-state index contributed by atoms with van der Waals surface area (Å²) in [5.41, 5.74) is 10.2. The third-order valence-electron chi connectivity index (χ3n) is 5.68. The number of nitrogens with zero attached hydrogens (tertiary/aromatic N) is 1. The number of hydrazine groups is 3. The molecule has 1 aliphatic rings. The number of fused-ring (bicyclic) bond motifs is 1. The van der Waals surface area contributed by atoms with Gasteiger partial charge in [0.25, 0.3) is 10.0 Å². The van der Waals surface area contributed by atoms with Crippen LogP contribution in [0, 0.1) is 5.82 Å². The van der Waals surface area contributed by atoms with Crippen LogP contribution in [0.2, 0.25) is 0 Å². The number of alkyl halides is 3. The van der Waals surface area contributed by atoms with Crippen molar-refractivity contribution in [1.82, 2.24) is 21.9 Å². The second-order valence-corrected chi connectivity index (χ2v) is 11.8. The van der Waals surface area contributed by atoms with Gasteiger partial charge < -0.3 is 0 Å². The first-order valence-electron chi connectivity index (χ1n) is 10.7. The average Bonchev–Trinajstić information content (AvgIpc) is 3.52. The van der Waals surface area contributed by atoms with Crippen molar-refractivity contribution >= 4 is 52.4 Å². The van der Waals surface area contributed by atoms with Gasteiger partial charge in [0.2, 0.25) is 0 Å². The van der Waals surface area contributed by atoms with E-state index >= 15 is 0 Å². The highest BCUT2D eigenvalue weighted by Gasteiger charge is 2.35. The van der Waals surface area contributed by atoms with E-state index in [1.807, 2.05) is 12.1 Å². The van der Waals surface area contributed by atoms with E-state index in [9.17, 15) is 26.0 Å². The van der Waals surface area contributed by atoms with E-state index in [1.54, 1.807) is 24.3 Å². The molecule has 4 aromatic rings. The second kappa shape index (κ2) is 9.94. The number of hydrogen-bond donors (Lipinski definition) is 4. The van der Waals surface area contributed by atoms with Gasteiger partial charge in [-0.15, -0.1) is 11.3 Å². The molecule has 4 N–H and O–H groups in total. The lowest BCUT2D eigenvalue weighted by Crippen LogP contribution is -2.33. The molecule has 1 aromatic heterocycles. The topological polar surface area (TPSA) is 85.5 Å². The molecule has 37 heavy (non-hydrogen) atoms. The van der Waals surface area contributed by atoms with E-state index in [0.717, 1.165) is 20.5 Å². The van der Waals surface area contributed by atoms with Gasteiger partial charge in [-0.05, 0) is 57.4 Å². The molecule has 2 heterocycles. The number of benzene rings is 3. The summed E-state index contributed by atoms with van der Waals surface area (Å²) >= 11 is 4.66. The fourth-order valence-electron chi connectivity index (χ4n) is 3.88. The van der Waals surface area contributed by atoms with Crippen molar-refractivity contribution in [2.45, 2.75) is 23.8 Å². The van der Waals surface area contributed by atoms with Crippen LogP contribution in [0.1, 0.15) is 22.9 Å². The highest BCUT2D eigenvalue weighted by atomic mass is 79.9. The lowest BCUT2D eigenvalue weighted by atomic mass is 10.1. The van der Waals surface area contributed by atoms with Crippen LogP contribution in [0.25, 0.3) is 10.1 Å². The molecule has 0 saturated carbocycles. The minimum Gasteiger partial charge on any atom is -0.251 e. The Labute approximate surface area is 221 Å². The number of hydrogen-bond acceptors (Lipinski definition) is 7. The Bertz CT molecular complexity index is 1570. The second-order valence-electron chi connectivity index (χ2n) is 8.09. The quantitative estimate of drug-likeness (QED) is 0.219. The summed E-state index contributed by atoms with van der Waals surface area (Å²) in [4.78, 5) is -0.0667. The zero-order chi connectivity index (χ0) is 26.4. The van der Waals surface area contributed by atoms with Crippen LogP contribution < -0.4 is 26.2 Å². The maximum Gasteiger partial charge on any atom is 0.419 e. The predicted molar refractivity (Wildman–Crippen MR) is 136 cm³/mol. The van der Waals surface area contributed by atoms with E-state index in [4.69, 9.17) is 0 Å². The van der Waals surface area contributed by atoms with E-state index in [1.165, 1.54) is 23.5 Å². The first-order valence-corrected chi connectivity index (χ1v) is 13.8. The van der Waals surface area contributed by atoms with Crippen LogP contribution in [0.15, 0.2) is 76.1 Å². The van der Waals surface area contributed by atoms with Gasteiger partial charge in [-0.25, -0.2) is 23.7 Å². The number of anilines is 1. The average molecular weight is 616 g/mol. The van der Waals surface area contributed by atoms with Crippen LogP contribution in [-0.2, 0) is 22.7 Å². The molecular weight excluding hydrogens is 598 g/mol. The van der Waals surface area contributed by atoms with Gasteiger partial charge in [-0.2, -0.15) is 24.2 Å². The van der Waals surface area contributed by atoms with Gasteiger partial charge in [-0.1, -0.05) is 36.4 Å². The molecule has 0 radical (unpaired) electrons. The highest BCUT2D eigenvalue weighted by Crippen LogP contribution is 2.44. The normalized spacial score (nSPS) is 14.9. The fraction of sp³-hybridized carbons (Fsp3) is 0.130. The van der Waals surface area contributed by atoms with Crippen LogP contribution in [0.3, 0.4) is 0 Å². The summed E-state index contributed by atoms with van der Waals surface area (Å²) in [7, 11) is -4.29. The smallest absolute Gasteiger partial charge is 0.251 e. The molecular formula is C23H18BrF4N5O2S2. The van der Waals surface area contributed by atoms with Crippen molar-refractivity contribution in [3.8, 4) is 0 Å². The standard InChI is InChI=1S/C23H18BrF4N5O2S2/c24-20-16-6-1-2-7-19(16)36-22(20)33(12-13-8-9-18(25)17(10-13)23(26,27)28)37(34,35)15-5-3-4-14(11-15)21-29-31-32-30-21/h1-11,21,29-32H,12H2. The first kappa shape index (κ1) is 26.0. The Morgan fingerprint density at radius 3 is 2.41 bits per heavy atom. The monoisotopic (exact) mass is 615 g/mol. The van der Waals surface area contributed by atoms with Crippen molar-refractivity contribution in [2.24, 2.45) is 0 Å². The number of thiophene rings is 1. The summed E-state index contributed by atoms with van der Waals surface area (Å²) in [5, 5.41) is 1.04. The molecule has 1 fully saturated rings. The van der Waals surface area contributed by atoms with Crippen LogP contribution in [-0.4, -0.2) is 8.42 Å². The van der Waals surface area contributed by atoms with E-state index < -0.39 is 40.3 Å². The zero-order valence-electron chi connectivity index (χ0n) is 18.6. The first-order chi connectivity index (χ1) is 17.6. The maximum atomic E-state index is 14.0. The molecule has 14 heteroatoms. The molecule has 0 spiro atoms. The van der Waals surface area contributed by atoms with Gasteiger partial charge in [0, 0.05) is 10.1 Å². The molecule has 194 valence electrons. The molecule has 0 atom stereocenters. The molecule has 1 aliphatic heterocycles. The third kappa shape index (κ3) is 5.10. The zero-order valence-corrected chi connectivity index (χ0v) is 21.8. The molecule has 5 rings (SSSR count). The summed E-state index contributed by atoms with van der Waals surface area (Å²) < 4.78 is 84.5. The summed E-state index contributed by atoms with van der Waals surface area (Å²) in [5.74, 6) is -1.43. The molecule has 1 saturated heterocycles. The van der Waals surface area contributed by atoms with Gasteiger partial charge >= 0.3 is 6.18 Å². The number of nitrogens with one attached hydrogen (secondary N) is 4. The molecule has 0 unspecified atom stereocenters. The molecule has 7 nitrogen and oxygen atoms in total. The third-order valence-corrected chi connectivity index (χ3v) is 9.80. The van der Waals surface area contributed by atoms with Gasteiger partial charge in [0.1, 0.15) is 17.0 Å². The Kier molecular flexibility index (Phi) is 7.00. The van der Waals surface area contributed by atoms with E-state index in [0.29, 0.717) is 22.2 Å². The molecule has 0 amide bonds. The lowest BCUT2D eigenvalue weighted by Gasteiger charge is -2.25. The highest BCUT2D eigenvalue weighted by molar-refractivity contribution is 9.10. The Hall–Kier alpha value is -2.59. The molecule has 0 aliphatic carbocycles. The Balaban J connectivity index is 1.64. The van der Waals surface area contributed by atoms with Crippen molar-refractivity contribution in [1.29, 1.82) is 0 Å². The summed E-state index contributed by atoms with van der Waals surface area (Å²) in [6.07, 6.45) is -5.37. The number of rotatable bonds is 6. The minimum absolute atomic E-state index is 0.0228. The maximum absolute atomic E-state index is 14.0. The minimum atomic E-state index is -4.93. The van der Waals surface area contributed by atoms with Crippen LogP contribution in [0.4, 0.5) is 22.6 Å².